The number of halogens is 4. The van der Waals surface area contributed by atoms with Crippen molar-refractivity contribution in [1.29, 1.82) is 0 Å². The largest absolute Gasteiger partial charge is 0.404 e. The molecule has 2 aromatic rings. The molecule has 1 unspecified atom stereocenters. The molecule has 2 heterocycles. The van der Waals surface area contributed by atoms with E-state index in [1.807, 2.05) is 6.92 Å². The highest BCUT2D eigenvalue weighted by Crippen LogP contribution is 2.54. The van der Waals surface area contributed by atoms with E-state index >= 15 is 0 Å². The molecular weight excluding hydrogens is 369 g/mol. The molecule has 140 valence electrons. The number of aromatic nitrogens is 1. The molecule has 0 spiro atoms. The predicted octanol–water partition coefficient (Wildman–Crippen LogP) is 4.37. The second-order valence-electron chi connectivity index (χ2n) is 6.29. The standard InChI is InChI=1S/C18H18ClF3N2O2/c1-3-8-26-10-17(18(20,21)22)12-6-7-24(2)16(25)15(12)23-14-5-4-11(19)9-13(14)17/h4-7,9,23H,3,8,10H2,1-2H3. The lowest BCUT2D eigenvalue weighted by molar-refractivity contribution is -0.192. The first-order valence-corrected chi connectivity index (χ1v) is 8.52. The summed E-state index contributed by atoms with van der Waals surface area (Å²) in [5.41, 5.74) is -3.11. The summed E-state index contributed by atoms with van der Waals surface area (Å²) in [5, 5.41) is 3.03. The van der Waals surface area contributed by atoms with Crippen LogP contribution >= 0.6 is 11.6 Å². The highest BCUT2D eigenvalue weighted by Gasteiger charge is 2.61. The van der Waals surface area contributed by atoms with E-state index < -0.39 is 23.8 Å². The molecule has 8 heteroatoms. The third-order valence-electron chi connectivity index (χ3n) is 4.58. The van der Waals surface area contributed by atoms with E-state index in [1.165, 1.54) is 42.1 Å². The molecule has 0 aliphatic carbocycles. The van der Waals surface area contributed by atoms with E-state index in [0.29, 0.717) is 6.42 Å². The Hall–Kier alpha value is -1.99. The van der Waals surface area contributed by atoms with Crippen molar-refractivity contribution in [3.05, 3.63) is 57.0 Å². The summed E-state index contributed by atoms with van der Waals surface area (Å²) in [6.45, 7) is 1.37. The van der Waals surface area contributed by atoms with Gasteiger partial charge >= 0.3 is 6.18 Å². The summed E-state index contributed by atoms with van der Waals surface area (Å²) >= 11 is 6.00. The van der Waals surface area contributed by atoms with Gasteiger partial charge in [-0.15, -0.1) is 0 Å². The number of hydrogen-bond donors (Lipinski definition) is 1. The zero-order chi connectivity index (χ0) is 19.1. The third-order valence-corrected chi connectivity index (χ3v) is 4.82. The fraction of sp³-hybridized carbons (Fsp3) is 0.389. The molecule has 0 radical (unpaired) electrons. The minimum absolute atomic E-state index is 0.0469. The van der Waals surface area contributed by atoms with E-state index in [1.54, 1.807) is 0 Å². The monoisotopic (exact) mass is 386 g/mol. The normalized spacial score (nSPS) is 18.8. The Morgan fingerprint density at radius 2 is 2.00 bits per heavy atom. The molecule has 1 aromatic heterocycles. The van der Waals surface area contributed by atoms with Crippen LogP contribution in [0.4, 0.5) is 24.5 Å². The van der Waals surface area contributed by atoms with Crippen LogP contribution in [0.15, 0.2) is 35.3 Å². The Labute approximate surface area is 153 Å². The van der Waals surface area contributed by atoms with Gasteiger partial charge in [0.15, 0.2) is 0 Å². The Morgan fingerprint density at radius 3 is 2.65 bits per heavy atom. The van der Waals surface area contributed by atoms with Gasteiger partial charge in [-0.05, 0) is 36.2 Å². The van der Waals surface area contributed by atoms with Gasteiger partial charge in [-0.1, -0.05) is 18.5 Å². The smallest absolute Gasteiger partial charge is 0.380 e. The number of ether oxygens (including phenoxy) is 1. The number of benzene rings is 1. The molecule has 1 atom stereocenters. The Morgan fingerprint density at radius 1 is 1.27 bits per heavy atom. The number of anilines is 2. The van der Waals surface area contributed by atoms with Gasteiger partial charge in [0, 0.05) is 36.1 Å². The van der Waals surface area contributed by atoms with Crippen LogP contribution in [0.5, 0.6) is 0 Å². The van der Waals surface area contributed by atoms with Gasteiger partial charge in [0.1, 0.15) is 11.1 Å². The minimum Gasteiger partial charge on any atom is -0.380 e. The number of alkyl halides is 3. The molecule has 0 fully saturated rings. The van der Waals surface area contributed by atoms with E-state index in [0.717, 1.165) is 0 Å². The quantitative estimate of drug-likeness (QED) is 0.793. The number of rotatable bonds is 4. The number of nitrogens with one attached hydrogen (secondary N) is 1. The van der Waals surface area contributed by atoms with Crippen LogP contribution in [0, 0.1) is 0 Å². The third kappa shape index (κ3) is 2.79. The maximum Gasteiger partial charge on any atom is 0.404 e. The molecule has 1 aliphatic rings. The molecule has 4 nitrogen and oxygen atoms in total. The maximum absolute atomic E-state index is 14.5. The molecule has 0 saturated carbocycles. The molecule has 3 rings (SSSR count). The zero-order valence-electron chi connectivity index (χ0n) is 14.3. The maximum atomic E-state index is 14.5. The lowest BCUT2D eigenvalue weighted by Gasteiger charge is -2.41. The first kappa shape index (κ1) is 18.8. The van der Waals surface area contributed by atoms with Crippen LogP contribution in [-0.2, 0) is 17.2 Å². The summed E-state index contributed by atoms with van der Waals surface area (Å²) < 4.78 is 50.1. The number of pyridine rings is 1. The lowest BCUT2D eigenvalue weighted by atomic mass is 9.71. The van der Waals surface area contributed by atoms with Crippen molar-refractivity contribution in [2.45, 2.75) is 24.9 Å². The highest BCUT2D eigenvalue weighted by molar-refractivity contribution is 6.30. The van der Waals surface area contributed by atoms with Crippen LogP contribution in [0.3, 0.4) is 0 Å². The summed E-state index contributed by atoms with van der Waals surface area (Å²) in [7, 11) is 1.49. The summed E-state index contributed by atoms with van der Waals surface area (Å²) in [6.07, 6.45) is -2.78. The topological polar surface area (TPSA) is 43.3 Å². The van der Waals surface area contributed by atoms with Gasteiger partial charge in [0.05, 0.1) is 6.61 Å². The molecule has 0 bridgehead atoms. The molecular formula is C18H18ClF3N2O2. The molecule has 1 aromatic carbocycles. The van der Waals surface area contributed by atoms with Gasteiger partial charge in [-0.2, -0.15) is 13.2 Å². The van der Waals surface area contributed by atoms with E-state index in [4.69, 9.17) is 16.3 Å². The number of fused-ring (bicyclic) bond motifs is 2. The summed E-state index contributed by atoms with van der Waals surface area (Å²) in [5.74, 6) is 0. The SMILES string of the molecule is CCCOCC1(C(F)(F)F)c2cc(Cl)ccc2Nc2c1ccn(C)c2=O. The van der Waals surface area contributed by atoms with Crippen LogP contribution in [-0.4, -0.2) is 24.0 Å². The fourth-order valence-corrected chi connectivity index (χ4v) is 3.45. The van der Waals surface area contributed by atoms with Gasteiger partial charge in [-0.25, -0.2) is 0 Å². The van der Waals surface area contributed by atoms with Crippen molar-refractivity contribution in [3.8, 4) is 0 Å². The van der Waals surface area contributed by atoms with Gasteiger partial charge in [0.25, 0.3) is 5.56 Å². The Balaban J connectivity index is 2.36. The first-order valence-electron chi connectivity index (χ1n) is 8.14. The fourth-order valence-electron chi connectivity index (χ4n) is 3.28. The lowest BCUT2D eigenvalue weighted by Crippen LogP contribution is -2.50. The van der Waals surface area contributed by atoms with E-state index in [-0.39, 0.29) is 34.1 Å². The van der Waals surface area contributed by atoms with E-state index in [9.17, 15) is 18.0 Å². The Kier molecular flexibility index (Phi) is 4.79. The summed E-state index contributed by atoms with van der Waals surface area (Å²) in [6, 6.07) is 5.54. The van der Waals surface area contributed by atoms with Gasteiger partial charge < -0.3 is 14.6 Å². The second-order valence-corrected chi connectivity index (χ2v) is 6.73. The second kappa shape index (κ2) is 6.63. The Bertz CT molecular complexity index is 895. The zero-order valence-corrected chi connectivity index (χ0v) is 15.0. The first-order chi connectivity index (χ1) is 12.2. The van der Waals surface area contributed by atoms with Crippen molar-refractivity contribution >= 4 is 23.0 Å². The van der Waals surface area contributed by atoms with E-state index in [2.05, 4.69) is 5.32 Å². The molecule has 1 aliphatic heterocycles. The van der Waals surface area contributed by atoms with Crippen LogP contribution in [0.1, 0.15) is 24.5 Å². The number of aryl methyl sites for hydroxylation is 1. The van der Waals surface area contributed by atoms with Crippen LogP contribution in [0.2, 0.25) is 5.02 Å². The van der Waals surface area contributed by atoms with Gasteiger partial charge in [0.2, 0.25) is 0 Å². The van der Waals surface area contributed by atoms with Crippen molar-refractivity contribution < 1.29 is 17.9 Å². The molecule has 1 N–H and O–H groups in total. The highest BCUT2D eigenvalue weighted by atomic mass is 35.5. The number of hydrogen-bond acceptors (Lipinski definition) is 3. The number of nitrogens with zero attached hydrogens (tertiary/aromatic N) is 1. The summed E-state index contributed by atoms with van der Waals surface area (Å²) in [4.78, 5) is 12.5. The van der Waals surface area contributed by atoms with Crippen LogP contribution in [0.25, 0.3) is 0 Å². The molecule has 26 heavy (non-hydrogen) atoms. The molecule has 0 saturated heterocycles. The van der Waals surface area contributed by atoms with Crippen molar-refractivity contribution in [3.63, 3.8) is 0 Å². The van der Waals surface area contributed by atoms with Gasteiger partial charge in [-0.3, -0.25) is 4.79 Å². The molecule has 0 amide bonds. The predicted molar refractivity (Wildman–Crippen MR) is 94.4 cm³/mol. The minimum atomic E-state index is -4.69. The average molecular weight is 387 g/mol. The van der Waals surface area contributed by atoms with Crippen LogP contribution < -0.4 is 10.9 Å². The van der Waals surface area contributed by atoms with Crippen molar-refractivity contribution in [2.75, 3.05) is 18.5 Å². The average Bonchev–Trinajstić information content (AvgIpc) is 2.57. The van der Waals surface area contributed by atoms with Crippen molar-refractivity contribution in [2.24, 2.45) is 7.05 Å². The van der Waals surface area contributed by atoms with Crippen molar-refractivity contribution in [1.82, 2.24) is 4.57 Å².